The smallest absolute Gasteiger partial charge is 0.336 e. The maximum absolute atomic E-state index is 12.0. The van der Waals surface area contributed by atoms with Gasteiger partial charge in [0.2, 0.25) is 0 Å². The maximum Gasteiger partial charge on any atom is 0.336 e. The van der Waals surface area contributed by atoms with E-state index < -0.39 is 11.9 Å². The van der Waals surface area contributed by atoms with Gasteiger partial charge in [0.1, 0.15) is 11.5 Å². The van der Waals surface area contributed by atoms with Crippen LogP contribution in [-0.2, 0) is 9.59 Å². The normalized spacial score (nSPS) is 11.0. The number of esters is 2. The topological polar surface area (TPSA) is 52.6 Å². The minimum atomic E-state index is -0.647. The molecule has 4 rings (SSSR count). The van der Waals surface area contributed by atoms with Crippen molar-refractivity contribution in [3.63, 3.8) is 0 Å². The minimum absolute atomic E-state index is 0.413. The molecule has 0 aliphatic heterocycles. The van der Waals surface area contributed by atoms with Crippen molar-refractivity contribution >= 4 is 33.5 Å². The second-order valence-electron chi connectivity index (χ2n) is 6.19. The summed E-state index contributed by atoms with van der Waals surface area (Å²) in [6.45, 7) is 0. The van der Waals surface area contributed by atoms with Crippen LogP contribution in [0.5, 0.6) is 11.5 Å². The van der Waals surface area contributed by atoms with Gasteiger partial charge < -0.3 is 9.47 Å². The summed E-state index contributed by atoms with van der Waals surface area (Å²) >= 11 is 0. The Morgan fingerprint density at radius 3 is 1.36 bits per heavy atom. The third-order valence-corrected chi connectivity index (χ3v) is 4.23. The van der Waals surface area contributed by atoms with E-state index in [0.29, 0.717) is 11.5 Å². The van der Waals surface area contributed by atoms with Crippen molar-refractivity contribution in [1.82, 2.24) is 0 Å². The van der Waals surface area contributed by atoms with Gasteiger partial charge in [-0.25, -0.2) is 9.59 Å². The van der Waals surface area contributed by atoms with Gasteiger partial charge in [-0.2, -0.15) is 0 Å². The molecule has 4 aromatic rings. The van der Waals surface area contributed by atoms with Crippen molar-refractivity contribution in [1.29, 1.82) is 0 Å². The highest BCUT2D eigenvalue weighted by atomic mass is 16.5. The Kier molecular flexibility index (Phi) is 4.85. The number of rotatable bonds is 4. The molecule has 0 aliphatic rings. The molecule has 0 saturated carbocycles. The molecule has 0 amide bonds. The van der Waals surface area contributed by atoms with Crippen LogP contribution in [0.25, 0.3) is 21.5 Å². The Morgan fingerprint density at radius 2 is 0.929 bits per heavy atom. The zero-order chi connectivity index (χ0) is 19.3. The van der Waals surface area contributed by atoms with Crippen LogP contribution in [0.4, 0.5) is 0 Å². The van der Waals surface area contributed by atoms with Crippen LogP contribution in [-0.4, -0.2) is 11.9 Å². The number of carbonyl (C=O) groups is 2. The van der Waals surface area contributed by atoms with E-state index in [2.05, 4.69) is 0 Å². The summed E-state index contributed by atoms with van der Waals surface area (Å²) in [7, 11) is 0. The van der Waals surface area contributed by atoms with Crippen molar-refractivity contribution in [2.24, 2.45) is 0 Å². The van der Waals surface area contributed by atoms with Crippen molar-refractivity contribution in [2.45, 2.75) is 0 Å². The molecule has 4 aromatic carbocycles. The molecule has 0 atom stereocenters. The molecule has 0 aliphatic carbocycles. The summed E-state index contributed by atoms with van der Waals surface area (Å²) in [5.74, 6) is -0.469. The van der Waals surface area contributed by atoms with Gasteiger partial charge in [-0.15, -0.1) is 0 Å². The third-order valence-electron chi connectivity index (χ3n) is 4.23. The first-order chi connectivity index (χ1) is 13.7. The van der Waals surface area contributed by atoms with Gasteiger partial charge in [0.05, 0.1) is 0 Å². The van der Waals surface area contributed by atoms with Crippen LogP contribution in [0.1, 0.15) is 0 Å². The zero-order valence-electron chi connectivity index (χ0n) is 14.9. The first-order valence-electron chi connectivity index (χ1n) is 8.77. The van der Waals surface area contributed by atoms with E-state index in [1.165, 1.54) is 0 Å². The molecule has 0 saturated heterocycles. The predicted molar refractivity (Wildman–Crippen MR) is 108 cm³/mol. The van der Waals surface area contributed by atoms with Crippen molar-refractivity contribution in [3.8, 4) is 11.5 Å². The Labute approximate surface area is 161 Å². The summed E-state index contributed by atoms with van der Waals surface area (Å²) in [6.07, 6.45) is 2.11. The number of ether oxygens (including phenoxy) is 2. The first kappa shape index (κ1) is 17.5. The standard InChI is InChI=1S/C24H16O4/c25-23(27-21-11-9-17-5-1-3-7-19(17)15-21)13-14-24(26)28-22-12-10-18-6-2-4-8-20(18)16-22/h1-16H/b14-13+. The molecule has 4 nitrogen and oxygen atoms in total. The lowest BCUT2D eigenvalue weighted by Gasteiger charge is -2.04. The Hall–Kier alpha value is -3.92. The second-order valence-corrected chi connectivity index (χ2v) is 6.19. The van der Waals surface area contributed by atoms with E-state index in [1.54, 1.807) is 24.3 Å². The number of hydrogen-bond acceptors (Lipinski definition) is 4. The van der Waals surface area contributed by atoms with Gasteiger partial charge in [-0.05, 0) is 45.8 Å². The van der Waals surface area contributed by atoms with Gasteiger partial charge in [-0.1, -0.05) is 60.7 Å². The monoisotopic (exact) mass is 368 g/mol. The third kappa shape index (κ3) is 4.07. The van der Waals surface area contributed by atoms with E-state index in [1.807, 2.05) is 60.7 Å². The molecule has 0 unspecified atom stereocenters. The molecular weight excluding hydrogens is 352 g/mol. The van der Waals surface area contributed by atoms with Crippen molar-refractivity contribution < 1.29 is 19.1 Å². The Bertz CT molecular complexity index is 1110. The zero-order valence-corrected chi connectivity index (χ0v) is 14.9. The van der Waals surface area contributed by atoms with Crippen LogP contribution in [0, 0.1) is 0 Å². The fraction of sp³-hybridized carbons (Fsp3) is 0. The molecule has 0 spiro atoms. The molecule has 0 radical (unpaired) electrons. The average molecular weight is 368 g/mol. The highest BCUT2D eigenvalue weighted by molar-refractivity contribution is 5.94. The van der Waals surface area contributed by atoms with Crippen LogP contribution in [0.15, 0.2) is 97.1 Å². The van der Waals surface area contributed by atoms with E-state index in [-0.39, 0.29) is 0 Å². The number of hydrogen-bond donors (Lipinski definition) is 0. The highest BCUT2D eigenvalue weighted by Gasteiger charge is 2.06. The van der Waals surface area contributed by atoms with Crippen LogP contribution in [0.2, 0.25) is 0 Å². The molecule has 0 aromatic heterocycles. The van der Waals surface area contributed by atoms with Crippen molar-refractivity contribution in [2.75, 3.05) is 0 Å². The number of benzene rings is 4. The van der Waals surface area contributed by atoms with Crippen molar-refractivity contribution in [3.05, 3.63) is 97.1 Å². The summed E-state index contributed by atoms with van der Waals surface area (Å²) in [5, 5.41) is 4.04. The van der Waals surface area contributed by atoms with Gasteiger partial charge in [0.25, 0.3) is 0 Å². The van der Waals surface area contributed by atoms with Gasteiger partial charge in [0.15, 0.2) is 0 Å². The quantitative estimate of drug-likeness (QED) is 0.287. The Morgan fingerprint density at radius 1 is 0.536 bits per heavy atom. The lowest BCUT2D eigenvalue weighted by molar-refractivity contribution is -0.131. The SMILES string of the molecule is O=C(/C=C/C(=O)Oc1ccc2ccccc2c1)Oc1ccc2ccccc2c1. The summed E-state index contributed by atoms with van der Waals surface area (Å²) in [4.78, 5) is 23.9. The largest absolute Gasteiger partial charge is 0.423 e. The van der Waals surface area contributed by atoms with Gasteiger partial charge in [-0.3, -0.25) is 0 Å². The molecule has 0 fully saturated rings. The van der Waals surface area contributed by atoms with Crippen LogP contribution in [0.3, 0.4) is 0 Å². The van der Waals surface area contributed by atoms with E-state index in [9.17, 15) is 9.59 Å². The van der Waals surface area contributed by atoms with Gasteiger partial charge in [0, 0.05) is 12.2 Å². The van der Waals surface area contributed by atoms with E-state index in [0.717, 1.165) is 33.7 Å². The minimum Gasteiger partial charge on any atom is -0.423 e. The lowest BCUT2D eigenvalue weighted by Crippen LogP contribution is -2.08. The van der Waals surface area contributed by atoms with E-state index >= 15 is 0 Å². The summed E-state index contributed by atoms with van der Waals surface area (Å²) < 4.78 is 10.5. The molecular formula is C24H16O4. The predicted octanol–water partition coefficient (Wildman–Crippen LogP) is 5.06. The molecule has 0 bridgehead atoms. The lowest BCUT2D eigenvalue weighted by atomic mass is 10.1. The number of carbonyl (C=O) groups excluding carboxylic acids is 2. The number of fused-ring (bicyclic) bond motifs is 2. The summed E-state index contributed by atoms with van der Waals surface area (Å²) in [5.41, 5.74) is 0. The fourth-order valence-corrected chi connectivity index (χ4v) is 2.90. The average Bonchev–Trinajstić information content (AvgIpc) is 2.72. The van der Waals surface area contributed by atoms with Crippen LogP contribution >= 0.6 is 0 Å². The first-order valence-corrected chi connectivity index (χ1v) is 8.77. The molecule has 0 heterocycles. The molecule has 136 valence electrons. The van der Waals surface area contributed by atoms with Crippen LogP contribution < -0.4 is 9.47 Å². The molecule has 28 heavy (non-hydrogen) atoms. The maximum atomic E-state index is 12.0. The van der Waals surface area contributed by atoms with E-state index in [4.69, 9.17) is 9.47 Å². The molecule has 0 N–H and O–H groups in total. The second kappa shape index (κ2) is 7.76. The van der Waals surface area contributed by atoms with Gasteiger partial charge >= 0.3 is 11.9 Å². The highest BCUT2D eigenvalue weighted by Crippen LogP contribution is 2.22. The summed E-state index contributed by atoms with van der Waals surface area (Å²) in [6, 6.07) is 26.2. The molecule has 4 heteroatoms. The fourth-order valence-electron chi connectivity index (χ4n) is 2.90. The Balaban J connectivity index is 1.39.